The Kier molecular flexibility index (Phi) is 6.48. The van der Waals surface area contributed by atoms with Crippen LogP contribution in [0.2, 0.25) is 5.02 Å². The quantitative estimate of drug-likeness (QED) is 0.804. The molecule has 0 bridgehead atoms. The molecule has 2 aromatic rings. The molecule has 0 atom stereocenters. The van der Waals surface area contributed by atoms with E-state index in [1.54, 1.807) is 18.2 Å². The van der Waals surface area contributed by atoms with E-state index in [2.05, 4.69) is 10.3 Å². The standard InChI is InChI=1S/C21H21ClFN3O2/c1-2-14-9-20(23)18(12-25-14)21(27)26-15-4-7-16(8-5-15)28-17-6-3-13(11-24)19(22)10-17/h3,6,9-10,12,15-16H,2,4-5,7-8H2,1H3,(H,26,27). The third-order valence-corrected chi connectivity index (χ3v) is 5.20. The molecule has 3 rings (SSSR count). The summed E-state index contributed by atoms with van der Waals surface area (Å²) in [5, 5.41) is 12.2. The van der Waals surface area contributed by atoms with Gasteiger partial charge in [-0.25, -0.2) is 4.39 Å². The Balaban J connectivity index is 1.52. The van der Waals surface area contributed by atoms with Crippen LogP contribution in [0.25, 0.3) is 0 Å². The lowest BCUT2D eigenvalue weighted by Gasteiger charge is -2.29. The number of halogens is 2. The van der Waals surface area contributed by atoms with Crippen molar-refractivity contribution in [2.75, 3.05) is 0 Å². The van der Waals surface area contributed by atoms with Crippen molar-refractivity contribution >= 4 is 17.5 Å². The molecule has 1 aromatic heterocycles. The van der Waals surface area contributed by atoms with Gasteiger partial charge in [-0.05, 0) is 50.3 Å². The largest absolute Gasteiger partial charge is 0.490 e. The molecule has 0 spiro atoms. The maximum Gasteiger partial charge on any atom is 0.256 e. The molecule has 1 amide bonds. The lowest BCUT2D eigenvalue weighted by atomic mass is 9.92. The van der Waals surface area contributed by atoms with E-state index < -0.39 is 11.7 Å². The maximum absolute atomic E-state index is 14.1. The Morgan fingerprint density at radius 3 is 2.71 bits per heavy atom. The van der Waals surface area contributed by atoms with Gasteiger partial charge in [-0.15, -0.1) is 0 Å². The molecule has 1 aliphatic carbocycles. The molecule has 1 N–H and O–H groups in total. The van der Waals surface area contributed by atoms with Gasteiger partial charge in [-0.2, -0.15) is 5.26 Å². The second-order valence-electron chi connectivity index (χ2n) is 6.83. The van der Waals surface area contributed by atoms with Crippen LogP contribution < -0.4 is 10.1 Å². The lowest BCUT2D eigenvalue weighted by molar-refractivity contribution is 0.0889. The maximum atomic E-state index is 14.1. The number of ether oxygens (including phenoxy) is 1. The molecule has 146 valence electrons. The topological polar surface area (TPSA) is 75.0 Å². The summed E-state index contributed by atoms with van der Waals surface area (Å²) in [4.78, 5) is 16.4. The SMILES string of the molecule is CCc1cc(F)c(C(=O)NC2CCC(Oc3ccc(C#N)c(Cl)c3)CC2)cn1. The summed E-state index contributed by atoms with van der Waals surface area (Å²) >= 11 is 6.03. The predicted octanol–water partition coefficient (Wildman–Crippen LogP) is 4.43. The van der Waals surface area contributed by atoms with Crippen molar-refractivity contribution in [1.82, 2.24) is 10.3 Å². The summed E-state index contributed by atoms with van der Waals surface area (Å²) in [6, 6.07) is 8.30. The van der Waals surface area contributed by atoms with Gasteiger partial charge in [-0.1, -0.05) is 18.5 Å². The Labute approximate surface area is 168 Å². The fourth-order valence-corrected chi connectivity index (χ4v) is 3.48. The van der Waals surface area contributed by atoms with Gasteiger partial charge in [0, 0.05) is 24.0 Å². The molecular weight excluding hydrogens is 381 g/mol. The first-order valence-electron chi connectivity index (χ1n) is 9.31. The first kappa shape index (κ1) is 20.1. The Morgan fingerprint density at radius 2 is 2.11 bits per heavy atom. The minimum Gasteiger partial charge on any atom is -0.490 e. The molecule has 1 aliphatic rings. The van der Waals surface area contributed by atoms with Crippen molar-refractivity contribution in [3.63, 3.8) is 0 Å². The number of aromatic nitrogens is 1. The van der Waals surface area contributed by atoms with E-state index in [0.29, 0.717) is 28.5 Å². The number of carbonyl (C=O) groups is 1. The number of nitrogens with one attached hydrogen (secondary N) is 1. The minimum absolute atomic E-state index is 0.0133. The first-order chi connectivity index (χ1) is 13.5. The highest BCUT2D eigenvalue weighted by Gasteiger charge is 2.25. The Morgan fingerprint density at radius 1 is 1.36 bits per heavy atom. The highest BCUT2D eigenvalue weighted by molar-refractivity contribution is 6.31. The zero-order valence-electron chi connectivity index (χ0n) is 15.5. The number of nitriles is 1. The van der Waals surface area contributed by atoms with E-state index >= 15 is 0 Å². The zero-order valence-corrected chi connectivity index (χ0v) is 16.3. The Hall–Kier alpha value is -2.65. The van der Waals surface area contributed by atoms with Crippen molar-refractivity contribution in [3.05, 3.63) is 58.1 Å². The van der Waals surface area contributed by atoms with Crippen LogP contribution in [0.3, 0.4) is 0 Å². The molecule has 0 saturated heterocycles. The normalized spacial score (nSPS) is 18.9. The predicted molar refractivity (Wildman–Crippen MR) is 104 cm³/mol. The summed E-state index contributed by atoms with van der Waals surface area (Å²) in [5.41, 5.74) is 1.01. The molecule has 1 heterocycles. The molecule has 0 unspecified atom stereocenters. The van der Waals surface area contributed by atoms with Crippen LogP contribution in [0.4, 0.5) is 4.39 Å². The van der Waals surface area contributed by atoms with Gasteiger partial charge in [0.05, 0.1) is 22.3 Å². The van der Waals surface area contributed by atoms with Gasteiger partial charge in [0.15, 0.2) is 0 Å². The fourth-order valence-electron chi connectivity index (χ4n) is 3.27. The average Bonchev–Trinajstić information content (AvgIpc) is 2.69. The van der Waals surface area contributed by atoms with Gasteiger partial charge in [0.25, 0.3) is 5.91 Å². The highest BCUT2D eigenvalue weighted by atomic mass is 35.5. The van der Waals surface area contributed by atoms with E-state index in [4.69, 9.17) is 21.6 Å². The smallest absolute Gasteiger partial charge is 0.256 e. The van der Waals surface area contributed by atoms with Gasteiger partial charge in [0.1, 0.15) is 17.6 Å². The first-order valence-corrected chi connectivity index (χ1v) is 9.69. The number of hydrogen-bond donors (Lipinski definition) is 1. The van der Waals surface area contributed by atoms with E-state index in [-0.39, 0.29) is 17.7 Å². The van der Waals surface area contributed by atoms with Gasteiger partial charge >= 0.3 is 0 Å². The van der Waals surface area contributed by atoms with Crippen LogP contribution in [0.5, 0.6) is 5.75 Å². The number of nitrogens with zero attached hydrogens (tertiary/aromatic N) is 2. The average molecular weight is 402 g/mol. The summed E-state index contributed by atoms with van der Waals surface area (Å²) in [5.74, 6) is -0.351. The van der Waals surface area contributed by atoms with Crippen molar-refractivity contribution in [2.45, 2.75) is 51.2 Å². The molecular formula is C21H21ClFN3O2. The van der Waals surface area contributed by atoms with Crippen LogP contribution >= 0.6 is 11.6 Å². The van der Waals surface area contributed by atoms with Crippen LogP contribution in [0.15, 0.2) is 30.5 Å². The summed E-state index contributed by atoms with van der Waals surface area (Å²) in [6.07, 6.45) is 4.93. The van der Waals surface area contributed by atoms with Crippen molar-refractivity contribution in [3.8, 4) is 11.8 Å². The van der Waals surface area contributed by atoms with Gasteiger partial charge < -0.3 is 10.1 Å². The molecule has 5 nitrogen and oxygen atoms in total. The molecule has 1 aromatic carbocycles. The second-order valence-corrected chi connectivity index (χ2v) is 7.23. The molecule has 1 saturated carbocycles. The molecule has 1 fully saturated rings. The minimum atomic E-state index is -0.543. The number of rotatable bonds is 5. The second kappa shape index (κ2) is 9.03. The van der Waals surface area contributed by atoms with E-state index in [9.17, 15) is 9.18 Å². The van der Waals surface area contributed by atoms with Crippen molar-refractivity contribution in [2.24, 2.45) is 0 Å². The number of carbonyl (C=O) groups excluding carboxylic acids is 1. The third kappa shape index (κ3) is 4.79. The lowest BCUT2D eigenvalue weighted by Crippen LogP contribution is -2.40. The number of aryl methyl sites for hydroxylation is 1. The number of hydrogen-bond acceptors (Lipinski definition) is 4. The van der Waals surface area contributed by atoms with E-state index in [1.165, 1.54) is 12.3 Å². The number of benzene rings is 1. The van der Waals surface area contributed by atoms with Gasteiger partial charge in [0.2, 0.25) is 0 Å². The summed E-state index contributed by atoms with van der Waals surface area (Å²) in [6.45, 7) is 1.88. The zero-order chi connectivity index (χ0) is 20.1. The number of amides is 1. The fraction of sp³-hybridized carbons (Fsp3) is 0.381. The van der Waals surface area contributed by atoms with Crippen molar-refractivity contribution in [1.29, 1.82) is 5.26 Å². The third-order valence-electron chi connectivity index (χ3n) is 4.89. The Bertz CT molecular complexity index is 905. The molecule has 0 radical (unpaired) electrons. The van der Waals surface area contributed by atoms with Crippen LogP contribution in [0.1, 0.15) is 54.2 Å². The highest BCUT2D eigenvalue weighted by Crippen LogP contribution is 2.27. The van der Waals surface area contributed by atoms with Gasteiger partial charge in [-0.3, -0.25) is 9.78 Å². The monoisotopic (exact) mass is 401 g/mol. The number of pyridine rings is 1. The summed E-state index contributed by atoms with van der Waals surface area (Å²) in [7, 11) is 0. The van der Waals surface area contributed by atoms with Crippen LogP contribution in [-0.4, -0.2) is 23.0 Å². The summed E-state index contributed by atoms with van der Waals surface area (Å²) < 4.78 is 20.0. The van der Waals surface area contributed by atoms with Crippen molar-refractivity contribution < 1.29 is 13.9 Å². The van der Waals surface area contributed by atoms with E-state index in [1.807, 2.05) is 13.0 Å². The van der Waals surface area contributed by atoms with Crippen LogP contribution in [-0.2, 0) is 6.42 Å². The molecule has 7 heteroatoms. The van der Waals surface area contributed by atoms with Crippen LogP contribution in [0, 0.1) is 17.1 Å². The van der Waals surface area contributed by atoms with E-state index in [0.717, 1.165) is 25.7 Å². The molecule has 0 aliphatic heterocycles. The molecule has 28 heavy (non-hydrogen) atoms.